The van der Waals surface area contributed by atoms with Crippen LogP contribution in [0.3, 0.4) is 0 Å². The van der Waals surface area contributed by atoms with Crippen LogP contribution in [0.5, 0.6) is 0 Å². The summed E-state index contributed by atoms with van der Waals surface area (Å²) in [5, 5.41) is 2.69. The van der Waals surface area contributed by atoms with Crippen molar-refractivity contribution in [3.05, 3.63) is 53.1 Å². The molecule has 0 unspecified atom stereocenters. The van der Waals surface area contributed by atoms with Crippen LogP contribution in [-0.2, 0) is 20.0 Å². The lowest BCUT2D eigenvalue weighted by atomic mass is 10.1. The normalized spacial score (nSPS) is 12.5. The highest BCUT2D eigenvalue weighted by Crippen LogP contribution is 2.23. The molecule has 2 rings (SSSR count). The molecule has 0 aliphatic heterocycles. The van der Waals surface area contributed by atoms with E-state index < -0.39 is 31.5 Å². The van der Waals surface area contributed by atoms with E-state index in [9.17, 15) is 21.6 Å². The summed E-state index contributed by atoms with van der Waals surface area (Å²) in [5.41, 5.74) is 1.54. The molecule has 0 heterocycles. The Morgan fingerprint density at radius 2 is 1.50 bits per heavy atom. The molecule has 10 heteroatoms. The first-order valence-electron chi connectivity index (χ1n) is 9.12. The summed E-state index contributed by atoms with van der Waals surface area (Å²) in [6.07, 6.45) is 1.04. The molecule has 30 heavy (non-hydrogen) atoms. The summed E-state index contributed by atoms with van der Waals surface area (Å²) in [6, 6.07) is 9.15. The maximum absolute atomic E-state index is 12.8. The second-order valence-corrected chi connectivity index (χ2v) is 11.6. The summed E-state index contributed by atoms with van der Waals surface area (Å²) in [5.74, 6) is -0.505. The Bertz CT molecular complexity index is 1180. The predicted octanol–water partition coefficient (Wildman–Crippen LogP) is 3.00. The van der Waals surface area contributed by atoms with E-state index in [1.807, 2.05) is 0 Å². The monoisotopic (exact) mass is 453 g/mol. The zero-order chi connectivity index (χ0) is 22.9. The average molecular weight is 454 g/mol. The van der Waals surface area contributed by atoms with E-state index in [-0.39, 0.29) is 10.5 Å². The van der Waals surface area contributed by atoms with Crippen LogP contribution in [0.4, 0.5) is 11.4 Å². The highest BCUT2D eigenvalue weighted by molar-refractivity contribution is 7.92. The molecule has 0 bridgehead atoms. The molecule has 0 spiro atoms. The van der Waals surface area contributed by atoms with Crippen LogP contribution < -0.4 is 14.8 Å². The van der Waals surface area contributed by atoms with Crippen LogP contribution in [0, 0.1) is 13.8 Å². The fourth-order valence-corrected chi connectivity index (χ4v) is 4.75. The number of hydrogen-bond donors (Lipinski definition) is 3. The Morgan fingerprint density at radius 3 is 2.07 bits per heavy atom. The van der Waals surface area contributed by atoms with Gasteiger partial charge >= 0.3 is 0 Å². The van der Waals surface area contributed by atoms with E-state index in [1.54, 1.807) is 52.8 Å². The van der Waals surface area contributed by atoms with Crippen LogP contribution in [0.2, 0.25) is 0 Å². The highest BCUT2D eigenvalue weighted by atomic mass is 32.2. The van der Waals surface area contributed by atoms with Gasteiger partial charge in [0.05, 0.1) is 16.8 Å². The number of rotatable bonds is 6. The zero-order valence-corrected chi connectivity index (χ0v) is 19.5. The van der Waals surface area contributed by atoms with Crippen molar-refractivity contribution in [1.29, 1.82) is 0 Å². The van der Waals surface area contributed by atoms with Gasteiger partial charge in [0, 0.05) is 16.8 Å². The van der Waals surface area contributed by atoms with E-state index in [1.165, 1.54) is 18.2 Å². The van der Waals surface area contributed by atoms with Crippen molar-refractivity contribution in [3.8, 4) is 0 Å². The average Bonchev–Trinajstić information content (AvgIpc) is 2.54. The number of benzene rings is 2. The van der Waals surface area contributed by atoms with Gasteiger partial charge in [-0.05, 0) is 70.0 Å². The van der Waals surface area contributed by atoms with E-state index in [0.29, 0.717) is 22.5 Å². The maximum Gasteiger partial charge on any atom is 0.255 e. The molecule has 0 aromatic heterocycles. The van der Waals surface area contributed by atoms with Gasteiger partial charge in [0.2, 0.25) is 20.0 Å². The van der Waals surface area contributed by atoms with Gasteiger partial charge in [-0.25, -0.2) is 21.6 Å². The van der Waals surface area contributed by atoms with Gasteiger partial charge in [0.25, 0.3) is 5.91 Å². The third-order valence-corrected chi connectivity index (χ3v) is 6.34. The number of sulfonamides is 2. The number of nitrogens with one attached hydrogen (secondary N) is 3. The van der Waals surface area contributed by atoms with E-state index in [4.69, 9.17) is 0 Å². The van der Waals surface area contributed by atoms with Crippen molar-refractivity contribution >= 4 is 37.3 Å². The smallest absolute Gasteiger partial charge is 0.255 e. The van der Waals surface area contributed by atoms with Gasteiger partial charge in [-0.2, -0.15) is 0 Å². The number of amides is 1. The van der Waals surface area contributed by atoms with Crippen LogP contribution >= 0.6 is 0 Å². The summed E-state index contributed by atoms with van der Waals surface area (Å²) >= 11 is 0. The fourth-order valence-electron chi connectivity index (χ4n) is 2.68. The van der Waals surface area contributed by atoms with Crippen LogP contribution in [-0.4, -0.2) is 34.5 Å². The predicted molar refractivity (Wildman–Crippen MR) is 119 cm³/mol. The van der Waals surface area contributed by atoms with Crippen molar-refractivity contribution in [2.24, 2.45) is 0 Å². The molecular formula is C20H27N3O5S2. The molecule has 8 nitrogen and oxygen atoms in total. The summed E-state index contributed by atoms with van der Waals surface area (Å²) in [4.78, 5) is 12.8. The van der Waals surface area contributed by atoms with Gasteiger partial charge in [-0.15, -0.1) is 0 Å². The van der Waals surface area contributed by atoms with Gasteiger partial charge in [0.1, 0.15) is 0 Å². The SMILES string of the molecule is Cc1ccc(NC(=O)c2cc(S(=O)(=O)NC(C)(C)C)ccc2C)cc1NS(C)(=O)=O. The number of aryl methyl sites for hydroxylation is 2. The van der Waals surface area contributed by atoms with E-state index in [2.05, 4.69) is 14.8 Å². The van der Waals surface area contributed by atoms with Gasteiger partial charge < -0.3 is 5.32 Å². The van der Waals surface area contributed by atoms with E-state index >= 15 is 0 Å². The molecule has 3 N–H and O–H groups in total. The van der Waals surface area contributed by atoms with Crippen LogP contribution in [0.1, 0.15) is 42.3 Å². The Balaban J connectivity index is 2.35. The molecule has 0 aliphatic carbocycles. The fraction of sp³-hybridized carbons (Fsp3) is 0.350. The van der Waals surface area contributed by atoms with Crippen molar-refractivity contribution < 1.29 is 21.6 Å². The topological polar surface area (TPSA) is 121 Å². The number of carbonyl (C=O) groups is 1. The number of anilines is 2. The van der Waals surface area contributed by atoms with Gasteiger partial charge in [-0.1, -0.05) is 12.1 Å². The van der Waals surface area contributed by atoms with Gasteiger partial charge in [0.15, 0.2) is 0 Å². The molecule has 0 fully saturated rings. The minimum absolute atomic E-state index is 0.0171. The highest BCUT2D eigenvalue weighted by Gasteiger charge is 2.23. The lowest BCUT2D eigenvalue weighted by Crippen LogP contribution is -2.40. The molecule has 0 aliphatic rings. The van der Waals surface area contributed by atoms with Crippen molar-refractivity contribution in [1.82, 2.24) is 4.72 Å². The molecule has 1 amide bonds. The second-order valence-electron chi connectivity index (χ2n) is 8.19. The molecule has 2 aromatic carbocycles. The molecule has 0 atom stereocenters. The lowest BCUT2D eigenvalue weighted by molar-refractivity contribution is 0.102. The van der Waals surface area contributed by atoms with Gasteiger partial charge in [-0.3, -0.25) is 9.52 Å². The summed E-state index contributed by atoms with van der Waals surface area (Å²) in [7, 11) is -7.28. The Labute approximate surface area is 178 Å². The van der Waals surface area contributed by atoms with Crippen molar-refractivity contribution in [3.63, 3.8) is 0 Å². The number of carbonyl (C=O) groups excluding carboxylic acids is 1. The molecule has 0 saturated carbocycles. The molecule has 164 valence electrons. The van der Waals surface area contributed by atoms with Crippen LogP contribution in [0.25, 0.3) is 0 Å². The van der Waals surface area contributed by atoms with E-state index in [0.717, 1.165) is 6.26 Å². The Hall–Kier alpha value is -2.43. The largest absolute Gasteiger partial charge is 0.322 e. The summed E-state index contributed by atoms with van der Waals surface area (Å²) in [6.45, 7) is 8.62. The molecule has 2 aromatic rings. The maximum atomic E-state index is 12.8. The summed E-state index contributed by atoms with van der Waals surface area (Å²) < 4.78 is 53.2. The third kappa shape index (κ3) is 6.54. The lowest BCUT2D eigenvalue weighted by Gasteiger charge is -2.20. The van der Waals surface area contributed by atoms with Crippen molar-refractivity contribution in [2.75, 3.05) is 16.3 Å². The molecule has 0 saturated heterocycles. The zero-order valence-electron chi connectivity index (χ0n) is 17.8. The first-order chi connectivity index (χ1) is 13.6. The first-order valence-corrected chi connectivity index (χ1v) is 12.5. The minimum atomic E-state index is -3.80. The first kappa shape index (κ1) is 23.8. The Morgan fingerprint density at radius 1 is 0.900 bits per heavy atom. The number of hydrogen-bond acceptors (Lipinski definition) is 5. The van der Waals surface area contributed by atoms with Crippen molar-refractivity contribution in [2.45, 2.75) is 45.1 Å². The van der Waals surface area contributed by atoms with Crippen LogP contribution in [0.15, 0.2) is 41.3 Å². The molecule has 0 radical (unpaired) electrons. The molecular weight excluding hydrogens is 426 g/mol. The second kappa shape index (κ2) is 8.37. The quantitative estimate of drug-likeness (QED) is 0.621. The standard InChI is InChI=1S/C20H27N3O5S2/c1-13-8-10-16(30(27,28)23-20(3,4)5)12-17(13)19(24)21-15-9-7-14(2)18(11-15)22-29(6,25)26/h7-12,22-23H,1-6H3,(H,21,24). The Kier molecular flexibility index (Phi) is 6.65. The third-order valence-electron chi connectivity index (χ3n) is 4.00. The minimum Gasteiger partial charge on any atom is -0.322 e.